The molecule has 0 saturated carbocycles. The van der Waals surface area contributed by atoms with E-state index in [-0.39, 0.29) is 5.75 Å². The van der Waals surface area contributed by atoms with Crippen molar-refractivity contribution in [3.8, 4) is 5.75 Å². The monoisotopic (exact) mass is 206 g/mol. The summed E-state index contributed by atoms with van der Waals surface area (Å²) in [4.78, 5) is 10.5. The highest BCUT2D eigenvalue weighted by molar-refractivity contribution is 5.63. The van der Waals surface area contributed by atoms with Gasteiger partial charge in [-0.15, -0.1) is 13.2 Å². The van der Waals surface area contributed by atoms with E-state index < -0.39 is 12.5 Å². The molecule has 0 spiro atoms. The van der Waals surface area contributed by atoms with Crippen LogP contribution in [0.25, 0.3) is 0 Å². The summed E-state index contributed by atoms with van der Waals surface area (Å²) in [6.45, 7) is 0. The van der Waals surface area contributed by atoms with Crippen LogP contribution in [0.2, 0.25) is 0 Å². The Morgan fingerprint density at radius 1 is 1.14 bits per heavy atom. The maximum Gasteiger partial charge on any atom is 0.577 e. The van der Waals surface area contributed by atoms with E-state index in [1.54, 1.807) is 6.07 Å². The van der Waals surface area contributed by atoms with Gasteiger partial charge in [-0.2, -0.15) is 0 Å². The van der Waals surface area contributed by atoms with Crippen molar-refractivity contribution in [1.29, 1.82) is 0 Å². The summed E-state index contributed by atoms with van der Waals surface area (Å²) < 4.78 is 41.6. The number of rotatable bonds is 1. The molecule has 0 fully saturated rings. The van der Waals surface area contributed by atoms with Crippen LogP contribution in [0.15, 0.2) is 30.3 Å². The van der Waals surface area contributed by atoms with Crippen LogP contribution in [0.3, 0.4) is 0 Å². The van der Waals surface area contributed by atoms with Crippen LogP contribution in [0.1, 0.15) is 0 Å². The van der Waals surface area contributed by atoms with Crippen LogP contribution in [0, 0.1) is 0 Å². The van der Waals surface area contributed by atoms with Crippen molar-refractivity contribution >= 4 is 6.16 Å². The largest absolute Gasteiger partial charge is 0.577 e. The van der Waals surface area contributed by atoms with Crippen molar-refractivity contribution in [3.05, 3.63) is 30.3 Å². The zero-order chi connectivity index (χ0) is 10.6. The molecule has 76 valence electrons. The summed E-state index contributed by atoms with van der Waals surface area (Å²) in [5, 5.41) is 0. The highest BCUT2D eigenvalue weighted by atomic mass is 19.4. The second kappa shape index (κ2) is 3.99. The van der Waals surface area contributed by atoms with Crippen LogP contribution in [-0.2, 0) is 4.74 Å². The van der Waals surface area contributed by atoms with E-state index in [9.17, 15) is 18.0 Å². The molecule has 0 aliphatic carbocycles. The highest BCUT2D eigenvalue weighted by Gasteiger charge is 2.35. The van der Waals surface area contributed by atoms with Gasteiger partial charge in [0.1, 0.15) is 5.75 Å². The molecule has 0 amide bonds. The minimum atomic E-state index is -5.02. The number of ether oxygens (including phenoxy) is 2. The fourth-order valence-electron chi connectivity index (χ4n) is 0.700. The van der Waals surface area contributed by atoms with E-state index in [2.05, 4.69) is 9.47 Å². The molecule has 0 N–H and O–H groups in total. The Hall–Kier alpha value is -1.72. The van der Waals surface area contributed by atoms with E-state index in [1.807, 2.05) is 0 Å². The first-order chi connectivity index (χ1) is 6.47. The maximum atomic E-state index is 11.5. The molecule has 0 aliphatic heterocycles. The van der Waals surface area contributed by atoms with Gasteiger partial charge in [0, 0.05) is 0 Å². The van der Waals surface area contributed by atoms with Crippen LogP contribution in [0.5, 0.6) is 5.75 Å². The third-order valence-corrected chi connectivity index (χ3v) is 1.14. The summed E-state index contributed by atoms with van der Waals surface area (Å²) in [6.07, 6.45) is -6.82. The number of para-hydroxylation sites is 1. The molecule has 0 atom stereocenters. The minimum Gasteiger partial charge on any atom is -0.395 e. The molecule has 1 aromatic rings. The number of benzene rings is 1. The van der Waals surface area contributed by atoms with Gasteiger partial charge >= 0.3 is 12.5 Å². The molecule has 0 aliphatic rings. The Bertz CT molecular complexity index is 307. The molecular weight excluding hydrogens is 201 g/mol. The average Bonchev–Trinajstić information content (AvgIpc) is 2.02. The Morgan fingerprint density at radius 3 is 2.21 bits per heavy atom. The van der Waals surface area contributed by atoms with Gasteiger partial charge in [0.05, 0.1) is 0 Å². The van der Waals surface area contributed by atoms with Gasteiger partial charge in [-0.05, 0) is 12.1 Å². The van der Waals surface area contributed by atoms with Gasteiger partial charge in [-0.25, -0.2) is 4.79 Å². The van der Waals surface area contributed by atoms with Crippen molar-refractivity contribution in [1.82, 2.24) is 0 Å². The highest BCUT2D eigenvalue weighted by Crippen LogP contribution is 2.18. The molecule has 6 heteroatoms. The van der Waals surface area contributed by atoms with E-state index >= 15 is 0 Å². The smallest absolute Gasteiger partial charge is 0.395 e. The lowest BCUT2D eigenvalue weighted by molar-refractivity contribution is -0.296. The van der Waals surface area contributed by atoms with Gasteiger partial charge in [-0.1, -0.05) is 18.2 Å². The Morgan fingerprint density at radius 2 is 1.71 bits per heavy atom. The molecule has 0 radical (unpaired) electrons. The molecular formula is C8H5F3O3. The number of hydrogen-bond acceptors (Lipinski definition) is 3. The molecule has 0 saturated heterocycles. The molecule has 1 rings (SSSR count). The van der Waals surface area contributed by atoms with Crippen LogP contribution in [-0.4, -0.2) is 12.5 Å². The van der Waals surface area contributed by atoms with Crippen molar-refractivity contribution in [2.45, 2.75) is 6.36 Å². The zero-order valence-electron chi connectivity index (χ0n) is 6.75. The first-order valence-corrected chi connectivity index (χ1v) is 3.50. The molecule has 3 nitrogen and oxygen atoms in total. The summed E-state index contributed by atoms with van der Waals surface area (Å²) in [6, 6.07) is 7.31. The number of carbonyl (C=O) groups excluding carboxylic acids is 1. The Balaban J connectivity index is 2.50. The van der Waals surface area contributed by atoms with Gasteiger partial charge in [0.15, 0.2) is 0 Å². The summed E-state index contributed by atoms with van der Waals surface area (Å²) in [7, 11) is 0. The maximum absolute atomic E-state index is 11.5. The standard InChI is InChI=1S/C8H5F3O3/c9-8(10,11)14-7(12)13-6-4-2-1-3-5-6/h1-5H. The third-order valence-electron chi connectivity index (χ3n) is 1.14. The van der Waals surface area contributed by atoms with Gasteiger partial charge < -0.3 is 9.47 Å². The van der Waals surface area contributed by atoms with Crippen LogP contribution >= 0.6 is 0 Å². The molecule has 0 heterocycles. The van der Waals surface area contributed by atoms with Crippen molar-refractivity contribution in [2.75, 3.05) is 0 Å². The topological polar surface area (TPSA) is 35.5 Å². The second-order valence-corrected chi connectivity index (χ2v) is 2.21. The van der Waals surface area contributed by atoms with Gasteiger partial charge in [0.25, 0.3) is 0 Å². The van der Waals surface area contributed by atoms with Crippen LogP contribution in [0.4, 0.5) is 18.0 Å². The van der Waals surface area contributed by atoms with E-state index in [0.717, 1.165) is 0 Å². The predicted octanol–water partition coefficient (Wildman–Crippen LogP) is 2.72. The Kier molecular flexibility index (Phi) is 2.95. The molecule has 1 aromatic carbocycles. The number of alkyl halides is 3. The fourth-order valence-corrected chi connectivity index (χ4v) is 0.700. The molecule has 0 unspecified atom stereocenters. The molecule has 0 bridgehead atoms. The van der Waals surface area contributed by atoms with Crippen molar-refractivity contribution in [2.24, 2.45) is 0 Å². The van der Waals surface area contributed by atoms with Crippen molar-refractivity contribution < 1.29 is 27.4 Å². The second-order valence-electron chi connectivity index (χ2n) is 2.21. The summed E-state index contributed by atoms with van der Waals surface area (Å²) in [5.74, 6) is -0.0123. The third kappa shape index (κ3) is 3.79. The fraction of sp³-hybridized carbons (Fsp3) is 0.125. The zero-order valence-corrected chi connectivity index (χ0v) is 6.75. The predicted molar refractivity (Wildman–Crippen MR) is 39.6 cm³/mol. The average molecular weight is 206 g/mol. The number of halogens is 3. The Labute approximate surface area is 77.0 Å². The number of carbonyl (C=O) groups is 1. The van der Waals surface area contributed by atoms with E-state index in [4.69, 9.17) is 0 Å². The quantitative estimate of drug-likeness (QED) is 0.523. The SMILES string of the molecule is O=C(Oc1ccccc1)OC(F)(F)F. The molecule has 0 aromatic heterocycles. The number of hydrogen-bond donors (Lipinski definition) is 0. The lowest BCUT2D eigenvalue weighted by atomic mass is 10.3. The lowest BCUT2D eigenvalue weighted by Crippen LogP contribution is -2.22. The normalized spacial score (nSPS) is 10.8. The first-order valence-electron chi connectivity index (χ1n) is 3.50. The molecule has 14 heavy (non-hydrogen) atoms. The van der Waals surface area contributed by atoms with E-state index in [1.165, 1.54) is 24.3 Å². The van der Waals surface area contributed by atoms with E-state index in [0.29, 0.717) is 0 Å². The van der Waals surface area contributed by atoms with Crippen molar-refractivity contribution in [3.63, 3.8) is 0 Å². The first kappa shape index (κ1) is 10.4. The van der Waals surface area contributed by atoms with Crippen LogP contribution < -0.4 is 4.74 Å². The van der Waals surface area contributed by atoms with Gasteiger partial charge in [0.2, 0.25) is 0 Å². The van der Waals surface area contributed by atoms with Gasteiger partial charge in [-0.3, -0.25) is 0 Å². The summed E-state index contributed by atoms with van der Waals surface area (Å²) >= 11 is 0. The summed E-state index contributed by atoms with van der Waals surface area (Å²) in [5.41, 5.74) is 0. The minimum absolute atomic E-state index is 0.0123. The lowest BCUT2D eigenvalue weighted by Gasteiger charge is -2.06.